The molecule has 1 saturated heterocycles. The van der Waals surface area contributed by atoms with E-state index < -0.39 is 0 Å². The standard InChI is InChI=1S/C16H26N2O/c1-12(2)16-4-3-7-18(16)10-15-8-13(11-19-15)9-17-14-5-6-14/h8,11-12,14,16-17H,3-7,9-10H2,1-2H3. The van der Waals surface area contributed by atoms with Crippen molar-refractivity contribution in [2.45, 2.75) is 64.7 Å². The van der Waals surface area contributed by atoms with Crippen molar-refractivity contribution < 1.29 is 4.42 Å². The molecule has 19 heavy (non-hydrogen) atoms. The van der Waals surface area contributed by atoms with Gasteiger partial charge in [-0.25, -0.2) is 0 Å². The summed E-state index contributed by atoms with van der Waals surface area (Å²) in [7, 11) is 0. The zero-order valence-electron chi connectivity index (χ0n) is 12.2. The summed E-state index contributed by atoms with van der Waals surface area (Å²) in [5.74, 6) is 1.87. The third kappa shape index (κ3) is 3.40. The lowest BCUT2D eigenvalue weighted by atomic mass is 10.0. The van der Waals surface area contributed by atoms with Gasteiger partial charge < -0.3 is 9.73 Å². The molecule has 1 N–H and O–H groups in total. The predicted octanol–water partition coefficient (Wildman–Crippen LogP) is 3.15. The minimum Gasteiger partial charge on any atom is -0.468 e. The van der Waals surface area contributed by atoms with Gasteiger partial charge in [0.05, 0.1) is 12.8 Å². The van der Waals surface area contributed by atoms with Gasteiger partial charge in [0.25, 0.3) is 0 Å². The molecule has 3 nitrogen and oxygen atoms in total. The number of rotatable bonds is 6. The summed E-state index contributed by atoms with van der Waals surface area (Å²) in [4.78, 5) is 2.58. The van der Waals surface area contributed by atoms with Crippen LogP contribution in [0, 0.1) is 5.92 Å². The molecule has 2 aliphatic rings. The molecule has 1 atom stereocenters. The van der Waals surface area contributed by atoms with E-state index in [1.54, 1.807) is 0 Å². The smallest absolute Gasteiger partial charge is 0.118 e. The molecule has 2 fully saturated rings. The van der Waals surface area contributed by atoms with Crippen molar-refractivity contribution in [1.29, 1.82) is 0 Å². The number of nitrogens with zero attached hydrogens (tertiary/aromatic N) is 1. The first-order chi connectivity index (χ1) is 9.22. The Morgan fingerprint density at radius 1 is 1.37 bits per heavy atom. The fourth-order valence-corrected chi connectivity index (χ4v) is 3.15. The highest BCUT2D eigenvalue weighted by Crippen LogP contribution is 2.26. The van der Waals surface area contributed by atoms with Gasteiger partial charge in [0.2, 0.25) is 0 Å². The average molecular weight is 262 g/mol. The predicted molar refractivity (Wildman–Crippen MR) is 76.8 cm³/mol. The minimum absolute atomic E-state index is 0.734. The highest BCUT2D eigenvalue weighted by molar-refractivity contribution is 5.13. The van der Waals surface area contributed by atoms with Crippen molar-refractivity contribution in [3.8, 4) is 0 Å². The van der Waals surface area contributed by atoms with Crippen molar-refractivity contribution in [1.82, 2.24) is 10.2 Å². The van der Waals surface area contributed by atoms with Crippen LogP contribution < -0.4 is 5.32 Å². The second kappa shape index (κ2) is 5.68. The molecular weight excluding hydrogens is 236 g/mol. The van der Waals surface area contributed by atoms with Gasteiger partial charge in [-0.05, 0) is 44.2 Å². The minimum atomic E-state index is 0.734. The molecule has 0 spiro atoms. The topological polar surface area (TPSA) is 28.4 Å². The quantitative estimate of drug-likeness (QED) is 0.853. The molecule has 0 radical (unpaired) electrons. The molecule has 0 aromatic carbocycles. The maximum atomic E-state index is 5.73. The molecule has 1 aliphatic heterocycles. The lowest BCUT2D eigenvalue weighted by Crippen LogP contribution is -2.32. The van der Waals surface area contributed by atoms with E-state index >= 15 is 0 Å². The lowest BCUT2D eigenvalue weighted by Gasteiger charge is -2.26. The molecule has 1 aromatic rings. The van der Waals surface area contributed by atoms with E-state index in [4.69, 9.17) is 4.42 Å². The van der Waals surface area contributed by atoms with Crippen LogP contribution in [0.3, 0.4) is 0 Å². The first-order valence-corrected chi connectivity index (χ1v) is 7.76. The van der Waals surface area contributed by atoms with Crippen LogP contribution in [-0.2, 0) is 13.1 Å². The van der Waals surface area contributed by atoms with E-state index in [1.165, 1.54) is 37.8 Å². The summed E-state index contributed by atoms with van der Waals surface area (Å²) in [6.07, 6.45) is 7.28. The maximum absolute atomic E-state index is 5.73. The van der Waals surface area contributed by atoms with Crippen LogP contribution in [0.1, 0.15) is 50.9 Å². The second-order valence-corrected chi connectivity index (χ2v) is 6.50. The number of nitrogens with one attached hydrogen (secondary N) is 1. The Labute approximate surface area is 116 Å². The fraction of sp³-hybridized carbons (Fsp3) is 0.750. The van der Waals surface area contributed by atoms with Crippen molar-refractivity contribution in [2.24, 2.45) is 5.92 Å². The van der Waals surface area contributed by atoms with Crippen LogP contribution in [0.5, 0.6) is 0 Å². The Kier molecular flexibility index (Phi) is 3.94. The van der Waals surface area contributed by atoms with Gasteiger partial charge in [0.1, 0.15) is 5.76 Å². The fourth-order valence-electron chi connectivity index (χ4n) is 3.15. The molecular formula is C16H26N2O. The Morgan fingerprint density at radius 2 is 2.21 bits per heavy atom. The van der Waals surface area contributed by atoms with Gasteiger partial charge in [-0.1, -0.05) is 13.8 Å². The van der Waals surface area contributed by atoms with E-state index in [-0.39, 0.29) is 0 Å². The molecule has 0 amide bonds. The van der Waals surface area contributed by atoms with E-state index in [0.717, 1.165) is 36.9 Å². The summed E-state index contributed by atoms with van der Waals surface area (Å²) in [5, 5.41) is 3.53. The SMILES string of the molecule is CC(C)C1CCCN1Cc1cc(CNC2CC2)co1. The summed E-state index contributed by atoms with van der Waals surface area (Å²) in [5.41, 5.74) is 1.29. The zero-order chi connectivity index (χ0) is 13.2. The van der Waals surface area contributed by atoms with Crippen molar-refractivity contribution in [2.75, 3.05) is 6.54 Å². The summed E-state index contributed by atoms with van der Waals surface area (Å²) >= 11 is 0. The molecule has 1 unspecified atom stereocenters. The van der Waals surface area contributed by atoms with Gasteiger partial charge in [-0.3, -0.25) is 4.90 Å². The Morgan fingerprint density at radius 3 is 2.95 bits per heavy atom. The number of hydrogen-bond acceptors (Lipinski definition) is 3. The lowest BCUT2D eigenvalue weighted by molar-refractivity contribution is 0.185. The molecule has 1 aliphatic carbocycles. The summed E-state index contributed by atoms with van der Waals surface area (Å²) in [6, 6.07) is 3.73. The normalized spacial score (nSPS) is 24.5. The number of likely N-dealkylation sites (tertiary alicyclic amines) is 1. The Hall–Kier alpha value is -0.800. The van der Waals surface area contributed by atoms with Crippen molar-refractivity contribution in [3.05, 3.63) is 23.7 Å². The second-order valence-electron chi connectivity index (χ2n) is 6.50. The van der Waals surface area contributed by atoms with E-state index in [1.807, 2.05) is 6.26 Å². The van der Waals surface area contributed by atoms with Crippen molar-refractivity contribution >= 4 is 0 Å². The maximum Gasteiger partial charge on any atom is 0.118 e. The van der Waals surface area contributed by atoms with Gasteiger partial charge in [0.15, 0.2) is 0 Å². The first-order valence-electron chi connectivity index (χ1n) is 7.76. The summed E-state index contributed by atoms with van der Waals surface area (Å²) in [6.45, 7) is 7.82. The number of furan rings is 1. The monoisotopic (exact) mass is 262 g/mol. The first kappa shape index (κ1) is 13.2. The average Bonchev–Trinajstić information content (AvgIpc) is 2.91. The van der Waals surface area contributed by atoms with Crippen LogP contribution in [-0.4, -0.2) is 23.5 Å². The number of hydrogen-bond donors (Lipinski definition) is 1. The molecule has 106 valence electrons. The molecule has 1 aromatic heterocycles. The van der Waals surface area contributed by atoms with E-state index in [2.05, 4.69) is 30.1 Å². The Balaban J connectivity index is 1.53. The Bertz CT molecular complexity index is 409. The van der Waals surface area contributed by atoms with Crippen LogP contribution in [0.2, 0.25) is 0 Å². The molecule has 3 rings (SSSR count). The highest BCUT2D eigenvalue weighted by Gasteiger charge is 2.27. The molecule has 3 heteroatoms. The van der Waals surface area contributed by atoms with Crippen molar-refractivity contribution in [3.63, 3.8) is 0 Å². The van der Waals surface area contributed by atoms with E-state index in [9.17, 15) is 0 Å². The van der Waals surface area contributed by atoms with Crippen LogP contribution in [0.15, 0.2) is 16.7 Å². The molecule has 1 saturated carbocycles. The van der Waals surface area contributed by atoms with Gasteiger partial charge in [-0.15, -0.1) is 0 Å². The van der Waals surface area contributed by atoms with Crippen LogP contribution >= 0.6 is 0 Å². The third-order valence-corrected chi connectivity index (χ3v) is 4.42. The van der Waals surface area contributed by atoms with E-state index in [0.29, 0.717) is 0 Å². The van der Waals surface area contributed by atoms with Gasteiger partial charge in [-0.2, -0.15) is 0 Å². The largest absolute Gasteiger partial charge is 0.468 e. The molecule has 0 bridgehead atoms. The zero-order valence-corrected chi connectivity index (χ0v) is 12.2. The van der Waals surface area contributed by atoms with Gasteiger partial charge >= 0.3 is 0 Å². The van der Waals surface area contributed by atoms with Crippen LogP contribution in [0.25, 0.3) is 0 Å². The van der Waals surface area contributed by atoms with Crippen LogP contribution in [0.4, 0.5) is 0 Å². The highest BCUT2D eigenvalue weighted by atomic mass is 16.3. The third-order valence-electron chi connectivity index (χ3n) is 4.42. The summed E-state index contributed by atoms with van der Waals surface area (Å²) < 4.78 is 5.73. The molecule has 2 heterocycles. The van der Waals surface area contributed by atoms with Gasteiger partial charge in [0, 0.05) is 24.2 Å².